The minimum atomic E-state index is -2.20. The lowest BCUT2D eigenvalue weighted by molar-refractivity contribution is -0.146. The van der Waals surface area contributed by atoms with Crippen LogP contribution < -0.4 is 67.0 Å². The first-order chi connectivity index (χ1) is 44.9. The lowest BCUT2D eigenvalue weighted by Gasteiger charge is -2.31. The molecule has 8 aromatic carbocycles. The van der Waals surface area contributed by atoms with E-state index < -0.39 is 176 Å². The van der Waals surface area contributed by atoms with Crippen molar-refractivity contribution in [2.45, 2.75) is 61.4 Å². The van der Waals surface area contributed by atoms with Gasteiger partial charge in [-0.25, -0.2) is 4.79 Å². The Balaban J connectivity index is 1.06. The van der Waals surface area contributed by atoms with Crippen LogP contribution in [0.2, 0.25) is 0 Å². The summed E-state index contributed by atoms with van der Waals surface area (Å²) in [4.78, 5) is 131. The average Bonchev–Trinajstić information content (AvgIpc) is 0.792. The maximum absolute atomic E-state index is 15.8. The van der Waals surface area contributed by atoms with Gasteiger partial charge in [-0.15, -0.1) is 0 Å². The van der Waals surface area contributed by atoms with Crippen LogP contribution in [0.4, 0.5) is 5.69 Å². The zero-order chi connectivity index (χ0) is 66.9. The summed E-state index contributed by atoms with van der Waals surface area (Å²) in [6.07, 6.45) is -4.10. The van der Waals surface area contributed by atoms with Gasteiger partial charge in [-0.3, -0.25) is 38.4 Å². The molecular formula is C65H53N7O22. The lowest BCUT2D eigenvalue weighted by Crippen LogP contribution is -2.55. The van der Waals surface area contributed by atoms with E-state index in [2.05, 4.69) is 37.2 Å². The smallest absolute Gasteiger partial charge is 0.333 e. The average molecular weight is 1280 g/mol. The van der Waals surface area contributed by atoms with Gasteiger partial charge in [-0.05, 0) is 119 Å². The fourth-order valence-electron chi connectivity index (χ4n) is 11.4. The van der Waals surface area contributed by atoms with Crippen LogP contribution >= 0.6 is 0 Å². The Bertz CT molecular complexity index is 4590. The third kappa shape index (κ3) is 11.2. The molecule has 480 valence electrons. The number of amides is 6. The van der Waals surface area contributed by atoms with Crippen LogP contribution in [0.5, 0.6) is 74.7 Å². The molecule has 0 fully saturated rings. The normalized spacial score (nSPS) is 21.8. The highest BCUT2D eigenvalue weighted by molar-refractivity contribution is 6.00. The fraction of sp³-hybridized carbons (Fsp3) is 0.185. The van der Waals surface area contributed by atoms with Crippen LogP contribution in [0.25, 0.3) is 11.1 Å². The maximum Gasteiger partial charge on any atom is 0.333 e. The van der Waals surface area contributed by atoms with Crippen molar-refractivity contribution in [1.82, 2.24) is 31.9 Å². The Morgan fingerprint density at radius 3 is 1.56 bits per heavy atom. The summed E-state index contributed by atoms with van der Waals surface area (Å²) >= 11 is 0. The predicted octanol–water partition coefficient (Wildman–Crippen LogP) is 3.32. The lowest BCUT2D eigenvalue weighted by atomic mass is 9.89. The molecular weight excluding hydrogens is 1230 g/mol. The van der Waals surface area contributed by atoms with Gasteiger partial charge in [0.2, 0.25) is 41.2 Å². The number of aliphatic hydroxyl groups is 2. The molecule has 29 nitrogen and oxygen atoms in total. The first-order valence-electron chi connectivity index (χ1n) is 28.5. The molecule has 9 atom stereocenters. The Morgan fingerprint density at radius 2 is 0.968 bits per heavy atom. The molecule has 14 rings (SSSR count). The minimum Gasteiger partial charge on any atom is -0.508 e. The molecule has 0 spiro atoms. The number of ether oxygens (including phenoxy) is 5. The second-order valence-electron chi connectivity index (χ2n) is 22.2. The number of carbonyl (C=O) groups is 7. The standard InChI is InChI=1S/C65H53N7O22/c1-24-38(76)17-29-19-40(24)94-41-18-28(9-15-37(41)75)45(66-50-56(81)57(82)58(50)90-2)59(83)71-51-53(78)25-4-10-32(11-5-25)92-42-20-30-21-43(55(42)80)93-33-12-6-26(7-13-33)54(79)52-64(88)70-49(65(89)91-3)35-22-31(73)23-39(77)44(35)34-16-27(8-14-36(34)74)46(60(84)72-52)67-62(86)48(30)68-61(85)47(29)69-63(51)87/h4-23,45-49,51-54,66,73-80H,1-3H3,(H,67,86)(H,68,85)(H,69,87)(H,70,88)(H,71,83)(H,72,84)/t45-,46+,47-,48+,49-,51+,52-,53+,54+/m0/s1. The molecule has 0 saturated heterocycles. The zero-order valence-corrected chi connectivity index (χ0v) is 49.0. The Hall–Kier alpha value is -12.4. The molecule has 0 aliphatic carbocycles. The van der Waals surface area contributed by atoms with Crippen molar-refractivity contribution >= 4 is 47.1 Å². The van der Waals surface area contributed by atoms with E-state index in [1.807, 2.05) is 0 Å². The van der Waals surface area contributed by atoms with Crippen molar-refractivity contribution < 1.29 is 98.1 Å². The molecule has 6 heterocycles. The second kappa shape index (κ2) is 24.1. The van der Waals surface area contributed by atoms with Crippen LogP contribution in [0.3, 0.4) is 0 Å². The van der Waals surface area contributed by atoms with Crippen molar-refractivity contribution in [3.05, 3.63) is 186 Å². The molecule has 0 unspecified atom stereocenters. The number of methoxy groups -OCH3 is 2. The van der Waals surface area contributed by atoms with E-state index in [4.69, 9.17) is 23.7 Å². The topological polar surface area (TPSA) is 446 Å². The highest BCUT2D eigenvalue weighted by Crippen LogP contribution is 2.47. The van der Waals surface area contributed by atoms with Gasteiger partial charge in [0.15, 0.2) is 34.8 Å². The van der Waals surface area contributed by atoms with Crippen LogP contribution in [0, 0.1) is 6.92 Å². The third-order valence-electron chi connectivity index (χ3n) is 16.4. The summed E-state index contributed by atoms with van der Waals surface area (Å²) < 4.78 is 28.8. The number of rotatable bonds is 4. The van der Waals surface area contributed by atoms with Crippen molar-refractivity contribution in [3.8, 4) is 85.9 Å². The number of nitrogens with one attached hydrogen (secondary N) is 7. The van der Waals surface area contributed by atoms with Crippen molar-refractivity contribution in [2.75, 3.05) is 19.5 Å². The van der Waals surface area contributed by atoms with E-state index >= 15 is 19.2 Å². The number of anilines is 1. The van der Waals surface area contributed by atoms with Gasteiger partial charge in [0.25, 0.3) is 10.9 Å². The third-order valence-corrected chi connectivity index (χ3v) is 16.4. The van der Waals surface area contributed by atoms with Crippen LogP contribution in [0.15, 0.2) is 131 Å². The van der Waals surface area contributed by atoms with Gasteiger partial charge >= 0.3 is 5.97 Å². The number of benzene rings is 7. The molecule has 0 saturated carbocycles. The van der Waals surface area contributed by atoms with Crippen molar-refractivity contribution in [1.29, 1.82) is 0 Å². The van der Waals surface area contributed by atoms with E-state index in [0.29, 0.717) is 0 Å². The van der Waals surface area contributed by atoms with Gasteiger partial charge in [0.05, 0.1) is 14.2 Å². The van der Waals surface area contributed by atoms with Crippen LogP contribution in [0.1, 0.15) is 86.9 Å². The first kappa shape index (κ1) is 61.9. The summed E-state index contributed by atoms with van der Waals surface area (Å²) in [7, 11) is 2.06. The number of carbonyl (C=O) groups excluding carboxylic acids is 7. The van der Waals surface area contributed by atoms with E-state index in [-0.39, 0.29) is 67.3 Å². The number of aromatic hydroxyl groups is 6. The highest BCUT2D eigenvalue weighted by atomic mass is 16.5. The van der Waals surface area contributed by atoms with Gasteiger partial charge in [0, 0.05) is 28.3 Å². The fourth-order valence-corrected chi connectivity index (χ4v) is 11.4. The number of phenols is 6. The van der Waals surface area contributed by atoms with E-state index in [0.717, 1.165) is 80.9 Å². The zero-order valence-electron chi connectivity index (χ0n) is 49.0. The Morgan fingerprint density at radius 1 is 0.468 bits per heavy atom. The molecule has 29 heteroatoms. The Labute approximate surface area is 528 Å². The Kier molecular flexibility index (Phi) is 15.9. The van der Waals surface area contributed by atoms with E-state index in [1.165, 1.54) is 61.5 Å². The highest BCUT2D eigenvalue weighted by Gasteiger charge is 2.43. The quantitative estimate of drug-likeness (QED) is 0.0887. The van der Waals surface area contributed by atoms with Crippen molar-refractivity contribution in [2.24, 2.45) is 0 Å². The summed E-state index contributed by atoms with van der Waals surface area (Å²) in [5.74, 6) is -15.2. The molecule has 17 bridgehead atoms. The molecule has 94 heavy (non-hydrogen) atoms. The van der Waals surface area contributed by atoms with Gasteiger partial charge in [-0.1, -0.05) is 36.4 Å². The van der Waals surface area contributed by atoms with Gasteiger partial charge in [-0.2, -0.15) is 0 Å². The molecule has 15 N–H and O–H groups in total. The molecule has 0 radical (unpaired) electrons. The number of hydrogen-bond donors (Lipinski definition) is 15. The summed E-state index contributed by atoms with van der Waals surface area (Å²) in [6.45, 7) is 1.38. The number of fused-ring (bicyclic) bond motifs is 14. The molecule has 6 aliphatic heterocycles. The van der Waals surface area contributed by atoms with Gasteiger partial charge in [0.1, 0.15) is 94.4 Å². The molecule has 6 amide bonds. The maximum atomic E-state index is 15.8. The molecule has 8 aromatic rings. The van der Waals surface area contributed by atoms with Crippen LogP contribution in [-0.4, -0.2) is 109 Å². The number of phenolic OH excluding ortho intramolecular Hbond substituents is 6. The summed E-state index contributed by atoms with van der Waals surface area (Å²) in [5, 5.41) is 111. The van der Waals surface area contributed by atoms with Crippen LogP contribution in [-0.2, 0) is 38.3 Å². The number of hydrogen-bond acceptors (Lipinski definition) is 23. The SMILES string of the molecule is COC(=O)[C@H]1NC(=O)[C@H]2NC(=O)[C@H](NC(=O)[C@@H]3NC(=O)[C@H]4NC(=O)[C@H](NC(=O)[C@@H](Nc5c(OC)c(=O)c5=O)c5ccc(O)c(c5)Oc5cc4cc(O)c5C)[C@H](O)c4ccc(cc4)Oc4cc3cc(c4O)Oc3ccc(cc3)[C@H]2O)c2ccc(O)c(c2)-c2c(O)cc(O)cc21. The van der Waals surface area contributed by atoms with E-state index in [1.54, 1.807) is 0 Å². The van der Waals surface area contributed by atoms with E-state index in [9.17, 15) is 64.8 Å². The molecule has 0 aromatic heterocycles. The summed E-state index contributed by atoms with van der Waals surface area (Å²) in [5.41, 5.74) is -4.93. The second-order valence-corrected chi connectivity index (χ2v) is 22.2. The largest absolute Gasteiger partial charge is 0.508 e. The summed E-state index contributed by atoms with van der Waals surface area (Å²) in [6, 6.07) is 8.71. The monoisotopic (exact) mass is 1280 g/mol. The minimum absolute atomic E-state index is 0.0333. The number of esters is 1. The van der Waals surface area contributed by atoms with Crippen molar-refractivity contribution in [3.63, 3.8) is 0 Å². The molecule has 6 aliphatic rings. The first-order valence-corrected chi connectivity index (χ1v) is 28.5. The number of aliphatic hydroxyl groups excluding tert-OH is 2. The van der Waals surface area contributed by atoms with Gasteiger partial charge < -0.3 is 102 Å². The predicted molar refractivity (Wildman–Crippen MR) is 323 cm³/mol.